The molecule has 0 radical (unpaired) electrons. The third kappa shape index (κ3) is 3.76. The summed E-state index contributed by atoms with van der Waals surface area (Å²) in [6.45, 7) is 2.37. The van der Waals surface area contributed by atoms with E-state index in [9.17, 15) is 4.79 Å². The van der Waals surface area contributed by atoms with Gasteiger partial charge in [-0.15, -0.1) is 11.3 Å². The second-order valence-corrected chi connectivity index (χ2v) is 6.66. The van der Waals surface area contributed by atoms with Crippen LogP contribution in [0.1, 0.15) is 29.7 Å². The number of oxime groups is 1. The van der Waals surface area contributed by atoms with Gasteiger partial charge < -0.3 is 14.9 Å². The summed E-state index contributed by atoms with van der Waals surface area (Å²) in [5, 5.41) is 9.07. The first-order chi connectivity index (χ1) is 11.7. The fourth-order valence-electron chi connectivity index (χ4n) is 2.53. The molecule has 1 amide bonds. The molecule has 0 unspecified atom stereocenters. The molecular formula is C18H20N2O3S. The molecule has 0 saturated carbocycles. The molecule has 24 heavy (non-hydrogen) atoms. The summed E-state index contributed by atoms with van der Waals surface area (Å²) in [5.74, 6) is 0.678. The summed E-state index contributed by atoms with van der Waals surface area (Å²) < 4.78 is 5.15. The summed E-state index contributed by atoms with van der Waals surface area (Å²) in [6, 6.07) is 11.7. The average molecular weight is 344 g/mol. The van der Waals surface area contributed by atoms with Crippen molar-refractivity contribution in [1.29, 1.82) is 0 Å². The number of hydrogen-bond donors (Lipinski definition) is 1. The van der Waals surface area contributed by atoms with E-state index in [-0.39, 0.29) is 17.9 Å². The highest BCUT2D eigenvalue weighted by Gasteiger charge is 2.24. The van der Waals surface area contributed by atoms with Gasteiger partial charge in [0.2, 0.25) is 5.91 Å². The van der Waals surface area contributed by atoms with E-state index < -0.39 is 0 Å². The normalized spacial score (nSPS) is 17.8. The van der Waals surface area contributed by atoms with Gasteiger partial charge >= 0.3 is 0 Å². The largest absolute Gasteiger partial charge is 0.497 e. The Labute approximate surface area is 145 Å². The molecule has 1 N–H and O–H groups in total. The zero-order valence-electron chi connectivity index (χ0n) is 13.7. The van der Waals surface area contributed by atoms with Crippen LogP contribution in [0.2, 0.25) is 0 Å². The van der Waals surface area contributed by atoms with Crippen LogP contribution in [0, 0.1) is 0 Å². The van der Waals surface area contributed by atoms with Crippen LogP contribution < -0.4 is 10.1 Å². The number of rotatable bonds is 6. The van der Waals surface area contributed by atoms with Crippen LogP contribution in [0.4, 0.5) is 0 Å². The molecule has 126 valence electrons. The van der Waals surface area contributed by atoms with Gasteiger partial charge in [-0.3, -0.25) is 4.79 Å². The number of methoxy groups -OCH3 is 1. The first-order valence-electron chi connectivity index (χ1n) is 7.85. The molecular weight excluding hydrogens is 324 g/mol. The summed E-state index contributed by atoms with van der Waals surface area (Å²) in [6.07, 6.45) is 0.557. The van der Waals surface area contributed by atoms with E-state index in [2.05, 4.69) is 10.5 Å². The van der Waals surface area contributed by atoms with E-state index in [1.54, 1.807) is 18.4 Å². The predicted molar refractivity (Wildman–Crippen MR) is 94.8 cm³/mol. The van der Waals surface area contributed by atoms with Crippen LogP contribution in [0.25, 0.3) is 0 Å². The molecule has 0 saturated heterocycles. The maximum absolute atomic E-state index is 12.2. The summed E-state index contributed by atoms with van der Waals surface area (Å²) in [7, 11) is 1.64. The minimum absolute atomic E-state index is 0.0129. The van der Waals surface area contributed by atoms with E-state index in [1.807, 2.05) is 48.7 Å². The third-order valence-corrected chi connectivity index (χ3v) is 5.08. The lowest BCUT2D eigenvalue weighted by Crippen LogP contribution is -2.34. The minimum atomic E-state index is -0.145. The molecule has 0 spiro atoms. The van der Waals surface area contributed by atoms with Gasteiger partial charge in [-0.25, -0.2) is 0 Å². The number of thiophene rings is 1. The number of hydrogen-bond acceptors (Lipinski definition) is 5. The van der Waals surface area contributed by atoms with Crippen LogP contribution in [-0.2, 0) is 9.63 Å². The van der Waals surface area contributed by atoms with Crippen LogP contribution in [0.3, 0.4) is 0 Å². The molecule has 0 aliphatic carbocycles. The standard InChI is InChI=1S/C18H20N2O3S/c1-12(17-4-3-9-24-17)18(21)19-11-15-10-16(20-23-15)13-5-7-14(22-2)8-6-13/h3-9,12,15H,10-11H2,1-2H3,(H,19,21)/t12-,15-/m0/s1. The topological polar surface area (TPSA) is 59.9 Å². The van der Waals surface area contributed by atoms with Crippen molar-refractivity contribution < 1.29 is 14.4 Å². The Kier molecular flexibility index (Phi) is 5.15. The lowest BCUT2D eigenvalue weighted by Gasteiger charge is -2.13. The maximum atomic E-state index is 12.2. The number of ether oxygens (including phenoxy) is 1. The van der Waals surface area contributed by atoms with Gasteiger partial charge in [-0.2, -0.15) is 0 Å². The third-order valence-electron chi connectivity index (χ3n) is 4.02. The average Bonchev–Trinajstić information content (AvgIpc) is 3.31. The fourth-order valence-corrected chi connectivity index (χ4v) is 3.31. The van der Waals surface area contributed by atoms with Crippen molar-refractivity contribution in [2.24, 2.45) is 5.16 Å². The molecule has 6 heteroatoms. The van der Waals surface area contributed by atoms with E-state index >= 15 is 0 Å². The van der Waals surface area contributed by atoms with Gasteiger partial charge in [-0.1, -0.05) is 11.2 Å². The van der Waals surface area contributed by atoms with Crippen molar-refractivity contribution >= 4 is 23.0 Å². The Balaban J connectivity index is 1.49. The first-order valence-corrected chi connectivity index (χ1v) is 8.73. The second kappa shape index (κ2) is 7.49. The molecule has 1 aliphatic heterocycles. The van der Waals surface area contributed by atoms with Gasteiger partial charge in [0.15, 0.2) is 0 Å². The molecule has 1 aliphatic rings. The molecule has 1 aromatic carbocycles. The zero-order chi connectivity index (χ0) is 16.9. The van der Waals surface area contributed by atoms with Crippen molar-refractivity contribution in [1.82, 2.24) is 5.32 Å². The monoisotopic (exact) mass is 344 g/mol. The van der Waals surface area contributed by atoms with Crippen LogP contribution >= 0.6 is 11.3 Å². The quantitative estimate of drug-likeness (QED) is 0.875. The van der Waals surface area contributed by atoms with Crippen molar-refractivity contribution in [2.75, 3.05) is 13.7 Å². The van der Waals surface area contributed by atoms with Gasteiger partial charge in [0.1, 0.15) is 11.9 Å². The smallest absolute Gasteiger partial charge is 0.228 e. The molecule has 3 rings (SSSR count). The number of carbonyl (C=O) groups excluding carboxylic acids is 1. The molecule has 2 aromatic rings. The minimum Gasteiger partial charge on any atom is -0.497 e. The van der Waals surface area contributed by atoms with Gasteiger partial charge in [0, 0.05) is 11.3 Å². The lowest BCUT2D eigenvalue weighted by molar-refractivity contribution is -0.122. The molecule has 2 heterocycles. The van der Waals surface area contributed by atoms with Gasteiger partial charge in [0.05, 0.1) is 25.3 Å². The van der Waals surface area contributed by atoms with E-state index in [0.717, 1.165) is 21.9 Å². The first kappa shape index (κ1) is 16.5. The summed E-state index contributed by atoms with van der Waals surface area (Å²) >= 11 is 1.59. The van der Waals surface area contributed by atoms with E-state index in [0.29, 0.717) is 13.0 Å². The highest BCUT2D eigenvalue weighted by Crippen LogP contribution is 2.22. The van der Waals surface area contributed by atoms with E-state index in [1.165, 1.54) is 0 Å². The van der Waals surface area contributed by atoms with Crippen LogP contribution in [0.15, 0.2) is 46.9 Å². The number of amides is 1. The van der Waals surface area contributed by atoms with Crippen molar-refractivity contribution in [3.63, 3.8) is 0 Å². The lowest BCUT2D eigenvalue weighted by atomic mass is 10.0. The van der Waals surface area contributed by atoms with Crippen LogP contribution in [0.5, 0.6) is 5.75 Å². The molecule has 2 atom stereocenters. The Morgan fingerprint density at radius 2 is 2.21 bits per heavy atom. The summed E-state index contributed by atoms with van der Waals surface area (Å²) in [4.78, 5) is 18.7. The Morgan fingerprint density at radius 1 is 1.42 bits per heavy atom. The highest BCUT2D eigenvalue weighted by molar-refractivity contribution is 7.10. The van der Waals surface area contributed by atoms with E-state index in [4.69, 9.17) is 9.57 Å². The van der Waals surface area contributed by atoms with Crippen molar-refractivity contribution in [3.8, 4) is 5.75 Å². The Hall–Kier alpha value is -2.34. The number of nitrogens with zero attached hydrogens (tertiary/aromatic N) is 1. The highest BCUT2D eigenvalue weighted by atomic mass is 32.1. The van der Waals surface area contributed by atoms with Gasteiger partial charge in [0.25, 0.3) is 0 Å². The number of benzene rings is 1. The SMILES string of the molecule is COc1ccc(C2=NO[C@H](CNC(=O)[C@@H](C)c3cccs3)C2)cc1. The predicted octanol–water partition coefficient (Wildman–Crippen LogP) is 3.17. The zero-order valence-corrected chi connectivity index (χ0v) is 14.5. The summed E-state index contributed by atoms with van der Waals surface area (Å²) in [5.41, 5.74) is 1.90. The Morgan fingerprint density at radius 3 is 2.88 bits per heavy atom. The maximum Gasteiger partial charge on any atom is 0.228 e. The molecule has 5 nitrogen and oxygen atoms in total. The van der Waals surface area contributed by atoms with Crippen LogP contribution in [-0.4, -0.2) is 31.4 Å². The molecule has 0 fully saturated rings. The Bertz CT molecular complexity index is 710. The second-order valence-electron chi connectivity index (χ2n) is 5.68. The fraction of sp³-hybridized carbons (Fsp3) is 0.333. The number of nitrogens with one attached hydrogen (secondary N) is 1. The van der Waals surface area contributed by atoms with Gasteiger partial charge in [-0.05, 0) is 48.2 Å². The van der Waals surface area contributed by atoms with Crippen molar-refractivity contribution in [2.45, 2.75) is 25.4 Å². The molecule has 0 bridgehead atoms. The number of carbonyl (C=O) groups is 1. The molecule has 1 aromatic heterocycles. The van der Waals surface area contributed by atoms with Crippen molar-refractivity contribution in [3.05, 3.63) is 52.2 Å².